The summed E-state index contributed by atoms with van der Waals surface area (Å²) in [6.07, 6.45) is 4.85. The maximum absolute atomic E-state index is 11.8. The van der Waals surface area contributed by atoms with E-state index in [1.807, 2.05) is 84.1 Å². The van der Waals surface area contributed by atoms with Crippen molar-refractivity contribution in [1.82, 2.24) is 4.98 Å². The first-order valence-electron chi connectivity index (χ1n) is 14.5. The Bertz CT molecular complexity index is 1690. The zero-order valence-electron chi connectivity index (χ0n) is 25.8. The smallest absolute Gasteiger partial charge is 0.217 e. The van der Waals surface area contributed by atoms with Crippen molar-refractivity contribution in [2.45, 2.75) is 54.4 Å². The first-order chi connectivity index (χ1) is 20.0. The Labute approximate surface area is 269 Å². The number of rotatable bonds is 8. The Morgan fingerprint density at radius 3 is 2.09 bits per heavy atom. The summed E-state index contributed by atoms with van der Waals surface area (Å²) in [5, 5.41) is 14.5. The molecule has 0 aliphatic rings. The van der Waals surface area contributed by atoms with Gasteiger partial charge in [0.2, 0.25) is 5.88 Å². The number of para-hydroxylation sites is 1. The van der Waals surface area contributed by atoms with E-state index in [0.717, 1.165) is 23.6 Å². The topological polar surface area (TPSA) is 59.4 Å². The second-order valence-electron chi connectivity index (χ2n) is 11.8. The molecule has 0 saturated carbocycles. The van der Waals surface area contributed by atoms with Crippen LogP contribution in [-0.2, 0) is 24.9 Å². The number of pyridine rings is 1. The van der Waals surface area contributed by atoms with Crippen LogP contribution >= 0.6 is 0 Å². The molecular weight excluding hydrogens is 711 g/mol. The molecule has 0 unspecified atom stereocenters. The van der Waals surface area contributed by atoms with E-state index in [2.05, 4.69) is 65.6 Å². The van der Waals surface area contributed by atoms with Crippen LogP contribution in [0.4, 0.5) is 0 Å². The monoisotopic (exact) mass is 751 g/mol. The molecule has 5 aromatic rings. The van der Waals surface area contributed by atoms with Gasteiger partial charge < -0.3 is 9.84 Å². The van der Waals surface area contributed by atoms with Crippen LogP contribution in [0.15, 0.2) is 109 Å². The standard InChI is InChI=1S/C25H16NO.C13H24O2.Ir/c1-3-7-18(8-4-1)20-13-11-19-12-14-21-17-26-25(16-24(21)23(19)15-20)27-22-9-5-2-6-10-22;1-7-12(3,4)10(14)9-11(15)13(5,6)8-2;/h1-9,11-17H;9,14H,7-8H2,1-6H3;/q-1;;/b;10-9-;. The fraction of sp³-hybridized carbons (Fsp3) is 0.263. The van der Waals surface area contributed by atoms with Crippen molar-refractivity contribution in [3.8, 4) is 22.8 Å². The average molecular weight is 751 g/mol. The summed E-state index contributed by atoms with van der Waals surface area (Å²) < 4.78 is 5.88. The van der Waals surface area contributed by atoms with Gasteiger partial charge >= 0.3 is 0 Å². The number of hydrogen-bond donors (Lipinski definition) is 1. The normalized spacial score (nSPS) is 11.8. The molecule has 43 heavy (non-hydrogen) atoms. The molecular formula is C38H40IrNO3-. The first kappa shape index (κ1) is 33.7. The molecule has 1 aromatic heterocycles. The molecule has 0 atom stereocenters. The molecule has 0 amide bonds. The number of fused-ring (bicyclic) bond motifs is 3. The summed E-state index contributed by atoms with van der Waals surface area (Å²) in [5.74, 6) is 1.43. The van der Waals surface area contributed by atoms with Crippen molar-refractivity contribution in [3.05, 3.63) is 115 Å². The fourth-order valence-electron chi connectivity index (χ4n) is 4.22. The molecule has 4 nitrogen and oxygen atoms in total. The van der Waals surface area contributed by atoms with Crippen LogP contribution in [0.5, 0.6) is 11.6 Å². The maximum atomic E-state index is 11.8. The minimum absolute atomic E-state index is 0. The van der Waals surface area contributed by atoms with Crippen LogP contribution < -0.4 is 4.74 Å². The van der Waals surface area contributed by atoms with Crippen molar-refractivity contribution >= 4 is 27.3 Å². The van der Waals surface area contributed by atoms with E-state index < -0.39 is 0 Å². The fourth-order valence-corrected chi connectivity index (χ4v) is 4.22. The molecule has 4 aromatic carbocycles. The van der Waals surface area contributed by atoms with Gasteiger partial charge in [0.25, 0.3) is 0 Å². The third kappa shape index (κ3) is 8.40. The number of carbonyl (C=O) groups excluding carboxylic acids is 1. The molecule has 0 aliphatic heterocycles. The van der Waals surface area contributed by atoms with Gasteiger partial charge in [0.1, 0.15) is 5.76 Å². The van der Waals surface area contributed by atoms with Crippen molar-refractivity contribution < 1.29 is 34.7 Å². The number of nitrogens with zero attached hydrogens (tertiary/aromatic N) is 1. The van der Waals surface area contributed by atoms with Crippen molar-refractivity contribution in [3.63, 3.8) is 0 Å². The van der Waals surface area contributed by atoms with Gasteiger partial charge in [-0.25, -0.2) is 4.98 Å². The molecule has 1 N–H and O–H groups in total. The SMILES string of the molecule is CCC(C)(C)C(=O)/C=C(\O)C(C)(C)CC.[Ir].[c-]1ccccc1Oc1cc2c(ccc3ccc(-c4ccccc4)cc32)cn1. The van der Waals surface area contributed by atoms with Crippen LogP contribution in [0.25, 0.3) is 32.7 Å². The number of benzene rings is 4. The average Bonchev–Trinajstić information content (AvgIpc) is 3.01. The van der Waals surface area contributed by atoms with E-state index in [1.165, 1.54) is 28.0 Å². The number of hydrogen-bond acceptors (Lipinski definition) is 4. The van der Waals surface area contributed by atoms with Crippen molar-refractivity contribution in [2.24, 2.45) is 10.8 Å². The number of aliphatic hydroxyl groups is 1. The van der Waals surface area contributed by atoms with E-state index in [9.17, 15) is 9.90 Å². The van der Waals surface area contributed by atoms with E-state index in [-0.39, 0.29) is 42.5 Å². The largest absolute Gasteiger partial charge is 0.512 e. The van der Waals surface area contributed by atoms with Crippen molar-refractivity contribution in [2.75, 3.05) is 0 Å². The molecule has 0 aliphatic carbocycles. The predicted octanol–water partition coefficient (Wildman–Crippen LogP) is 10.5. The van der Waals surface area contributed by atoms with E-state index in [1.54, 1.807) is 0 Å². The summed E-state index contributed by atoms with van der Waals surface area (Å²) >= 11 is 0. The second-order valence-corrected chi connectivity index (χ2v) is 11.8. The zero-order chi connectivity index (χ0) is 30.3. The summed E-state index contributed by atoms with van der Waals surface area (Å²) in [7, 11) is 0. The molecule has 5 heteroatoms. The Hall–Kier alpha value is -3.79. The summed E-state index contributed by atoms with van der Waals surface area (Å²) in [6.45, 7) is 11.7. The number of ether oxygens (including phenoxy) is 1. The quantitative estimate of drug-likeness (QED) is 0.0743. The maximum Gasteiger partial charge on any atom is 0.217 e. The van der Waals surface area contributed by atoms with Gasteiger partial charge in [0, 0.05) is 60.4 Å². The van der Waals surface area contributed by atoms with Gasteiger partial charge in [-0.1, -0.05) is 96.1 Å². The Morgan fingerprint density at radius 2 is 1.44 bits per heavy atom. The number of aliphatic hydroxyl groups excluding tert-OH is 1. The minimum Gasteiger partial charge on any atom is -0.512 e. The van der Waals surface area contributed by atoms with Gasteiger partial charge in [-0.15, -0.1) is 12.1 Å². The molecule has 0 spiro atoms. The second kappa shape index (κ2) is 14.6. The summed E-state index contributed by atoms with van der Waals surface area (Å²) in [6, 6.07) is 33.9. The number of ketones is 1. The molecule has 5 rings (SSSR count). The Morgan fingerprint density at radius 1 is 0.814 bits per heavy atom. The molecule has 0 fully saturated rings. The van der Waals surface area contributed by atoms with Crippen LogP contribution in [0.1, 0.15) is 54.4 Å². The third-order valence-corrected chi connectivity index (χ3v) is 8.09. The predicted molar refractivity (Wildman–Crippen MR) is 174 cm³/mol. The van der Waals surface area contributed by atoms with E-state index in [0.29, 0.717) is 11.6 Å². The molecule has 0 saturated heterocycles. The zero-order valence-corrected chi connectivity index (χ0v) is 28.2. The number of aromatic nitrogens is 1. The molecule has 0 bridgehead atoms. The van der Waals surface area contributed by atoms with Crippen molar-refractivity contribution in [1.29, 1.82) is 0 Å². The molecule has 225 valence electrons. The summed E-state index contributed by atoms with van der Waals surface area (Å²) in [5.41, 5.74) is 1.73. The van der Waals surface area contributed by atoms with Gasteiger partial charge in [-0.05, 0) is 46.2 Å². The van der Waals surface area contributed by atoms with Gasteiger partial charge in [0.15, 0.2) is 5.78 Å². The number of allylic oxidation sites excluding steroid dienone is 2. The first-order valence-corrected chi connectivity index (χ1v) is 14.5. The Balaban J connectivity index is 0.000000274. The molecule has 1 radical (unpaired) electrons. The van der Waals surface area contributed by atoms with E-state index in [4.69, 9.17) is 4.74 Å². The van der Waals surface area contributed by atoms with Crippen LogP contribution in [0, 0.1) is 16.9 Å². The van der Waals surface area contributed by atoms with Gasteiger partial charge in [-0.3, -0.25) is 4.79 Å². The third-order valence-electron chi connectivity index (χ3n) is 8.09. The van der Waals surface area contributed by atoms with E-state index >= 15 is 0 Å². The van der Waals surface area contributed by atoms with Crippen LogP contribution in [-0.4, -0.2) is 15.9 Å². The Kier molecular flexibility index (Phi) is 11.4. The number of carbonyl (C=O) groups is 1. The van der Waals surface area contributed by atoms with Gasteiger partial charge in [-0.2, -0.15) is 18.2 Å². The minimum atomic E-state index is -0.377. The van der Waals surface area contributed by atoms with Crippen LogP contribution in [0.2, 0.25) is 0 Å². The van der Waals surface area contributed by atoms with Crippen LogP contribution in [0.3, 0.4) is 0 Å². The summed E-state index contributed by atoms with van der Waals surface area (Å²) in [4.78, 5) is 16.3. The molecule has 1 heterocycles. The van der Waals surface area contributed by atoms with Gasteiger partial charge in [0.05, 0.1) is 0 Å².